The molecule has 4 atom stereocenters. The van der Waals surface area contributed by atoms with Gasteiger partial charge in [0.05, 0.1) is 6.61 Å². The number of allylic oxidation sites excluding steroid dienone is 1. The minimum Gasteiger partial charge on any atom is -0.393 e. The molecule has 0 aromatic carbocycles. The van der Waals surface area contributed by atoms with Crippen molar-refractivity contribution in [3.63, 3.8) is 0 Å². The van der Waals surface area contributed by atoms with Gasteiger partial charge in [0.2, 0.25) is 0 Å². The van der Waals surface area contributed by atoms with Crippen LogP contribution in [0.5, 0.6) is 0 Å². The molecule has 8 nitrogen and oxygen atoms in total. The number of hydrogen-bond acceptors (Lipinski definition) is 6. The lowest BCUT2D eigenvalue weighted by molar-refractivity contribution is -0.121. The van der Waals surface area contributed by atoms with Crippen LogP contribution in [-0.2, 0) is 9.53 Å². The normalized spacial score (nSPS) is 33.9. The first-order valence-electron chi connectivity index (χ1n) is 6.09. The minimum atomic E-state index is -1.42. The summed E-state index contributed by atoms with van der Waals surface area (Å²) < 4.78 is 5.41. The average Bonchev–Trinajstić information content (AvgIpc) is 2.68. The number of aliphatic hydroxyl groups excluding tert-OH is 3. The zero-order valence-corrected chi connectivity index (χ0v) is 11.6. The van der Waals surface area contributed by atoms with Gasteiger partial charge in [-0.2, -0.15) is 0 Å². The van der Waals surface area contributed by atoms with Crippen LogP contribution >= 0.6 is 0 Å². The number of amides is 2. The molecule has 0 aliphatic carbocycles. The first kappa shape index (κ1) is 16.6. The van der Waals surface area contributed by atoms with E-state index in [4.69, 9.17) is 4.74 Å². The van der Waals surface area contributed by atoms with E-state index < -0.39 is 36.7 Å². The molecule has 0 radical (unpaired) electrons. The Morgan fingerprint density at radius 2 is 2.10 bits per heavy atom. The molecule has 114 valence electrons. The molecule has 8 heteroatoms. The number of nitrogens with one attached hydrogen (secondary N) is 1. The Kier molecular flexibility index (Phi) is 5.23. The van der Waals surface area contributed by atoms with E-state index in [1.165, 1.54) is 27.1 Å². The molecule has 0 bridgehead atoms. The van der Waals surface area contributed by atoms with E-state index in [9.17, 15) is 24.9 Å². The largest absolute Gasteiger partial charge is 0.393 e. The Morgan fingerprint density at radius 1 is 1.50 bits per heavy atom. The zero-order valence-electron chi connectivity index (χ0n) is 11.6. The Hall–Kier alpha value is -1.48. The Balaban J connectivity index is 3.10. The van der Waals surface area contributed by atoms with Crippen LogP contribution in [0.4, 0.5) is 4.79 Å². The predicted octanol–water partition coefficient (Wildman–Crippen LogP) is -1.44. The highest BCUT2D eigenvalue weighted by Gasteiger charge is 2.53. The maximum absolute atomic E-state index is 11.8. The van der Waals surface area contributed by atoms with Crippen molar-refractivity contribution in [1.82, 2.24) is 10.2 Å². The SMILES string of the molecule is CNC(=O)N(C=C(C)C=O)C1OC(C)(CO)C(O)C1O. The van der Waals surface area contributed by atoms with Gasteiger partial charge in [-0.25, -0.2) is 4.79 Å². The van der Waals surface area contributed by atoms with Crippen LogP contribution in [0.3, 0.4) is 0 Å². The van der Waals surface area contributed by atoms with Gasteiger partial charge in [0.15, 0.2) is 6.23 Å². The summed E-state index contributed by atoms with van der Waals surface area (Å²) in [5.74, 6) is 0. The number of aliphatic hydroxyl groups is 3. The highest BCUT2D eigenvalue weighted by Crippen LogP contribution is 2.32. The lowest BCUT2D eigenvalue weighted by Crippen LogP contribution is -2.47. The highest BCUT2D eigenvalue weighted by molar-refractivity contribution is 5.78. The summed E-state index contributed by atoms with van der Waals surface area (Å²) in [6.07, 6.45) is -2.25. The van der Waals surface area contributed by atoms with Crippen molar-refractivity contribution in [2.24, 2.45) is 0 Å². The summed E-state index contributed by atoms with van der Waals surface area (Å²) in [6.45, 7) is 2.37. The predicted molar refractivity (Wildman–Crippen MR) is 68.5 cm³/mol. The third-order valence-corrected chi connectivity index (χ3v) is 3.20. The van der Waals surface area contributed by atoms with Crippen molar-refractivity contribution in [1.29, 1.82) is 0 Å². The molecule has 0 spiro atoms. The van der Waals surface area contributed by atoms with Crippen molar-refractivity contribution in [2.75, 3.05) is 13.7 Å². The summed E-state index contributed by atoms with van der Waals surface area (Å²) >= 11 is 0. The first-order chi connectivity index (χ1) is 9.30. The molecule has 1 aliphatic heterocycles. The number of hydrogen-bond donors (Lipinski definition) is 4. The number of carbonyl (C=O) groups is 2. The van der Waals surface area contributed by atoms with Gasteiger partial charge in [0.1, 0.15) is 24.1 Å². The van der Waals surface area contributed by atoms with Crippen LogP contribution < -0.4 is 5.32 Å². The molecule has 20 heavy (non-hydrogen) atoms. The third kappa shape index (κ3) is 2.98. The van der Waals surface area contributed by atoms with E-state index in [0.717, 1.165) is 4.90 Å². The second-order valence-corrected chi connectivity index (χ2v) is 4.87. The summed E-state index contributed by atoms with van der Waals surface area (Å²) in [5, 5.41) is 31.5. The molecule has 2 amide bonds. The molecular formula is C12H20N2O6. The van der Waals surface area contributed by atoms with Crippen LogP contribution in [-0.4, -0.2) is 70.2 Å². The van der Waals surface area contributed by atoms with Crippen LogP contribution in [0.2, 0.25) is 0 Å². The van der Waals surface area contributed by atoms with Crippen molar-refractivity contribution in [3.05, 3.63) is 11.8 Å². The van der Waals surface area contributed by atoms with Gasteiger partial charge in [-0.15, -0.1) is 0 Å². The van der Waals surface area contributed by atoms with E-state index in [1.54, 1.807) is 0 Å². The van der Waals surface area contributed by atoms with Crippen molar-refractivity contribution < 1.29 is 29.6 Å². The summed E-state index contributed by atoms with van der Waals surface area (Å²) in [5.41, 5.74) is -1.16. The summed E-state index contributed by atoms with van der Waals surface area (Å²) in [6, 6.07) is -0.621. The van der Waals surface area contributed by atoms with Crippen LogP contribution in [0.25, 0.3) is 0 Å². The molecule has 0 saturated carbocycles. The monoisotopic (exact) mass is 288 g/mol. The molecule has 1 fully saturated rings. The first-order valence-corrected chi connectivity index (χ1v) is 6.09. The molecule has 1 heterocycles. The molecule has 4 unspecified atom stereocenters. The van der Waals surface area contributed by atoms with E-state index in [-0.39, 0.29) is 5.57 Å². The van der Waals surface area contributed by atoms with Gasteiger partial charge in [-0.1, -0.05) is 0 Å². The van der Waals surface area contributed by atoms with E-state index in [0.29, 0.717) is 6.29 Å². The standard InChI is InChI=1S/C12H20N2O6/c1-7(5-15)4-14(11(19)13-3)10-8(17)9(18)12(2,6-16)20-10/h4-5,8-10,16-18H,6H2,1-3H3,(H,13,19). The topological polar surface area (TPSA) is 119 Å². The van der Waals surface area contributed by atoms with Gasteiger partial charge in [0, 0.05) is 18.8 Å². The highest BCUT2D eigenvalue weighted by atomic mass is 16.6. The lowest BCUT2D eigenvalue weighted by Gasteiger charge is -2.28. The fraction of sp³-hybridized carbons (Fsp3) is 0.667. The number of nitrogens with zero attached hydrogens (tertiary/aromatic N) is 1. The van der Waals surface area contributed by atoms with Gasteiger partial charge >= 0.3 is 6.03 Å². The van der Waals surface area contributed by atoms with Crippen molar-refractivity contribution in [3.8, 4) is 0 Å². The molecule has 0 aromatic rings. The van der Waals surface area contributed by atoms with Crippen molar-refractivity contribution >= 4 is 12.3 Å². The van der Waals surface area contributed by atoms with Crippen molar-refractivity contribution in [2.45, 2.75) is 37.9 Å². The number of aldehydes is 1. The molecule has 0 aromatic heterocycles. The molecule has 1 aliphatic rings. The number of urea groups is 1. The maximum atomic E-state index is 11.8. The zero-order chi connectivity index (χ0) is 15.5. The van der Waals surface area contributed by atoms with E-state index in [1.807, 2.05) is 0 Å². The second-order valence-electron chi connectivity index (χ2n) is 4.87. The quantitative estimate of drug-likeness (QED) is 0.371. The Labute approximate surface area is 116 Å². The summed E-state index contributed by atoms with van der Waals surface area (Å²) in [7, 11) is 1.38. The number of carbonyl (C=O) groups excluding carboxylic acids is 2. The van der Waals surface area contributed by atoms with E-state index >= 15 is 0 Å². The van der Waals surface area contributed by atoms with Crippen LogP contribution in [0.1, 0.15) is 13.8 Å². The molecule has 1 rings (SSSR count). The smallest absolute Gasteiger partial charge is 0.323 e. The van der Waals surface area contributed by atoms with Gasteiger partial charge in [-0.3, -0.25) is 9.69 Å². The van der Waals surface area contributed by atoms with Gasteiger partial charge in [0.25, 0.3) is 0 Å². The minimum absolute atomic E-state index is 0.233. The Bertz CT molecular complexity index is 413. The lowest BCUT2D eigenvalue weighted by atomic mass is 9.98. The third-order valence-electron chi connectivity index (χ3n) is 3.20. The fourth-order valence-corrected chi connectivity index (χ4v) is 1.91. The maximum Gasteiger partial charge on any atom is 0.323 e. The molecular weight excluding hydrogens is 268 g/mol. The van der Waals surface area contributed by atoms with Crippen LogP contribution in [0, 0.1) is 0 Å². The van der Waals surface area contributed by atoms with E-state index in [2.05, 4.69) is 5.32 Å². The van der Waals surface area contributed by atoms with Gasteiger partial charge in [-0.05, 0) is 13.8 Å². The number of ether oxygens (including phenoxy) is 1. The Morgan fingerprint density at radius 3 is 2.50 bits per heavy atom. The number of rotatable bonds is 4. The average molecular weight is 288 g/mol. The van der Waals surface area contributed by atoms with Crippen LogP contribution in [0.15, 0.2) is 11.8 Å². The summed E-state index contributed by atoms with van der Waals surface area (Å²) in [4.78, 5) is 23.5. The molecule has 4 N–H and O–H groups in total. The second kappa shape index (κ2) is 6.31. The molecule has 1 saturated heterocycles. The fourth-order valence-electron chi connectivity index (χ4n) is 1.91. The van der Waals surface area contributed by atoms with Gasteiger partial charge < -0.3 is 25.4 Å².